The smallest absolute Gasteiger partial charge is 0.272 e. The SMILES string of the molecule is CCC(C)NC(=O)c1nn(C)c2c1CS(=O)(=O)c1ccccc1-2. The fourth-order valence-corrected chi connectivity index (χ4v) is 4.41. The molecule has 6 nitrogen and oxygen atoms in total. The number of nitrogens with zero attached hydrogens (tertiary/aromatic N) is 2. The highest BCUT2D eigenvalue weighted by atomic mass is 32.2. The molecule has 3 rings (SSSR count). The first-order chi connectivity index (χ1) is 10.8. The van der Waals surface area contributed by atoms with Gasteiger partial charge in [0.1, 0.15) is 0 Å². The van der Waals surface area contributed by atoms with E-state index in [1.165, 1.54) is 0 Å². The van der Waals surface area contributed by atoms with E-state index >= 15 is 0 Å². The number of carbonyl (C=O) groups excluding carboxylic acids is 1. The fourth-order valence-electron chi connectivity index (χ4n) is 2.82. The molecule has 1 amide bonds. The Morgan fingerprint density at radius 2 is 2.09 bits per heavy atom. The Hall–Kier alpha value is -2.15. The van der Waals surface area contributed by atoms with Crippen LogP contribution in [-0.4, -0.2) is 30.1 Å². The van der Waals surface area contributed by atoms with Crippen molar-refractivity contribution in [3.05, 3.63) is 35.5 Å². The molecule has 0 saturated carbocycles. The molecule has 0 radical (unpaired) electrons. The van der Waals surface area contributed by atoms with Crippen molar-refractivity contribution in [2.45, 2.75) is 37.0 Å². The van der Waals surface area contributed by atoms with Gasteiger partial charge in [0.05, 0.1) is 16.3 Å². The third-order valence-corrected chi connectivity index (χ3v) is 5.86. The number of sulfone groups is 1. The van der Waals surface area contributed by atoms with Crippen LogP contribution in [0.5, 0.6) is 0 Å². The van der Waals surface area contributed by atoms with Gasteiger partial charge in [-0.15, -0.1) is 0 Å². The Kier molecular flexibility index (Phi) is 3.75. The minimum absolute atomic E-state index is 0.00707. The lowest BCUT2D eigenvalue weighted by Crippen LogP contribution is -2.33. The first-order valence-electron chi connectivity index (χ1n) is 7.54. The van der Waals surface area contributed by atoms with Gasteiger partial charge in [-0.1, -0.05) is 25.1 Å². The number of fused-ring (bicyclic) bond motifs is 3. The van der Waals surface area contributed by atoms with E-state index in [9.17, 15) is 13.2 Å². The average Bonchev–Trinajstić information content (AvgIpc) is 2.83. The van der Waals surface area contributed by atoms with Crippen LogP contribution in [0.1, 0.15) is 36.3 Å². The molecule has 0 fully saturated rings. The monoisotopic (exact) mass is 333 g/mol. The Balaban J connectivity index is 2.16. The summed E-state index contributed by atoms with van der Waals surface area (Å²) < 4.78 is 26.7. The summed E-state index contributed by atoms with van der Waals surface area (Å²) in [5, 5.41) is 7.14. The summed E-state index contributed by atoms with van der Waals surface area (Å²) in [4.78, 5) is 12.7. The molecule has 1 aliphatic rings. The molecule has 1 unspecified atom stereocenters. The van der Waals surface area contributed by atoms with Crippen LogP contribution in [0, 0.1) is 0 Å². The standard InChI is InChI=1S/C16H19N3O3S/c1-4-10(2)17-16(20)14-12-9-23(21,22)13-8-6-5-7-11(13)15(12)19(3)18-14/h5-8,10H,4,9H2,1-3H3,(H,17,20). The van der Waals surface area contributed by atoms with Crippen molar-refractivity contribution in [1.82, 2.24) is 15.1 Å². The highest BCUT2D eigenvalue weighted by molar-refractivity contribution is 7.90. The van der Waals surface area contributed by atoms with Crippen molar-refractivity contribution in [2.75, 3.05) is 0 Å². The molecule has 122 valence electrons. The number of aromatic nitrogens is 2. The first kappa shape index (κ1) is 15.7. The summed E-state index contributed by atoms with van der Waals surface area (Å²) in [6.07, 6.45) is 0.794. The van der Waals surface area contributed by atoms with Gasteiger partial charge in [-0.2, -0.15) is 5.10 Å². The zero-order valence-corrected chi connectivity index (χ0v) is 14.1. The van der Waals surface area contributed by atoms with Gasteiger partial charge in [0.25, 0.3) is 5.91 Å². The van der Waals surface area contributed by atoms with Gasteiger partial charge >= 0.3 is 0 Å². The maximum absolute atomic E-state index is 12.5. The first-order valence-corrected chi connectivity index (χ1v) is 9.19. The van der Waals surface area contributed by atoms with Crippen molar-refractivity contribution in [1.29, 1.82) is 0 Å². The minimum atomic E-state index is -3.47. The van der Waals surface area contributed by atoms with Crippen LogP contribution in [0.25, 0.3) is 11.3 Å². The molecule has 1 atom stereocenters. The van der Waals surface area contributed by atoms with Crippen LogP contribution in [-0.2, 0) is 22.6 Å². The van der Waals surface area contributed by atoms with Crippen LogP contribution >= 0.6 is 0 Å². The molecule has 1 aromatic carbocycles. The Labute approximate surface area is 135 Å². The lowest BCUT2D eigenvalue weighted by atomic mass is 10.1. The zero-order valence-electron chi connectivity index (χ0n) is 13.3. The van der Waals surface area contributed by atoms with Crippen LogP contribution in [0.2, 0.25) is 0 Å². The fraction of sp³-hybridized carbons (Fsp3) is 0.375. The summed E-state index contributed by atoms with van der Waals surface area (Å²) in [5.41, 5.74) is 1.98. The number of amides is 1. The molecule has 23 heavy (non-hydrogen) atoms. The molecule has 1 N–H and O–H groups in total. The number of aryl methyl sites for hydroxylation is 1. The number of carbonyl (C=O) groups is 1. The molecule has 0 bridgehead atoms. The molecule has 2 aromatic rings. The van der Waals surface area contributed by atoms with E-state index in [1.807, 2.05) is 13.8 Å². The van der Waals surface area contributed by atoms with Gasteiger partial charge in [-0.05, 0) is 19.4 Å². The molecule has 0 aliphatic carbocycles. The molecular weight excluding hydrogens is 314 g/mol. The quantitative estimate of drug-likeness (QED) is 0.930. The van der Waals surface area contributed by atoms with E-state index in [0.717, 1.165) is 6.42 Å². The number of hydrogen-bond donors (Lipinski definition) is 1. The lowest BCUT2D eigenvalue weighted by molar-refractivity contribution is 0.0933. The van der Waals surface area contributed by atoms with Crippen LogP contribution in [0.4, 0.5) is 0 Å². The van der Waals surface area contributed by atoms with Gasteiger partial charge in [-0.25, -0.2) is 8.42 Å². The van der Waals surface area contributed by atoms with E-state index in [-0.39, 0.29) is 23.4 Å². The maximum atomic E-state index is 12.5. The second-order valence-corrected chi connectivity index (χ2v) is 7.80. The normalized spacial score (nSPS) is 16.3. The Morgan fingerprint density at radius 3 is 2.78 bits per heavy atom. The summed E-state index contributed by atoms with van der Waals surface area (Å²) in [6, 6.07) is 6.85. The van der Waals surface area contributed by atoms with E-state index in [0.29, 0.717) is 21.7 Å². The number of rotatable bonds is 3. The molecule has 7 heteroatoms. The molecule has 0 spiro atoms. The number of nitrogens with one attached hydrogen (secondary N) is 1. The second-order valence-electron chi connectivity index (χ2n) is 5.84. The van der Waals surface area contributed by atoms with Crippen molar-refractivity contribution >= 4 is 15.7 Å². The topological polar surface area (TPSA) is 81.1 Å². The molecule has 0 saturated heterocycles. The maximum Gasteiger partial charge on any atom is 0.272 e. The van der Waals surface area contributed by atoms with Crippen LogP contribution < -0.4 is 5.32 Å². The largest absolute Gasteiger partial charge is 0.348 e. The van der Waals surface area contributed by atoms with Gasteiger partial charge in [-0.3, -0.25) is 9.48 Å². The molecular formula is C16H19N3O3S. The average molecular weight is 333 g/mol. The summed E-state index contributed by atoms with van der Waals surface area (Å²) >= 11 is 0. The second kappa shape index (κ2) is 5.49. The Morgan fingerprint density at radius 1 is 1.39 bits per heavy atom. The summed E-state index contributed by atoms with van der Waals surface area (Å²) in [6.45, 7) is 3.87. The third-order valence-electron chi connectivity index (χ3n) is 4.16. The van der Waals surface area contributed by atoms with Crippen molar-refractivity contribution in [3.63, 3.8) is 0 Å². The molecule has 1 aromatic heterocycles. The van der Waals surface area contributed by atoms with E-state index in [4.69, 9.17) is 0 Å². The van der Waals surface area contributed by atoms with Crippen LogP contribution in [0.15, 0.2) is 29.2 Å². The summed E-state index contributed by atoms with van der Waals surface area (Å²) in [5.74, 6) is -0.526. The van der Waals surface area contributed by atoms with Gasteiger partial charge in [0, 0.05) is 24.2 Å². The van der Waals surface area contributed by atoms with Gasteiger partial charge < -0.3 is 5.32 Å². The molecule has 1 aliphatic heterocycles. The minimum Gasteiger partial charge on any atom is -0.348 e. The summed E-state index contributed by atoms with van der Waals surface area (Å²) in [7, 11) is -1.74. The highest BCUT2D eigenvalue weighted by Crippen LogP contribution is 2.38. The number of hydrogen-bond acceptors (Lipinski definition) is 4. The van der Waals surface area contributed by atoms with E-state index in [2.05, 4.69) is 10.4 Å². The molecule has 2 heterocycles. The van der Waals surface area contributed by atoms with E-state index < -0.39 is 9.84 Å². The Bertz CT molecular complexity index is 884. The van der Waals surface area contributed by atoms with Crippen LogP contribution in [0.3, 0.4) is 0 Å². The third kappa shape index (κ3) is 2.55. The zero-order chi connectivity index (χ0) is 16.8. The lowest BCUT2D eigenvalue weighted by Gasteiger charge is -2.18. The van der Waals surface area contributed by atoms with Crippen molar-refractivity contribution < 1.29 is 13.2 Å². The van der Waals surface area contributed by atoms with Crippen molar-refractivity contribution in [3.8, 4) is 11.3 Å². The highest BCUT2D eigenvalue weighted by Gasteiger charge is 2.34. The van der Waals surface area contributed by atoms with Gasteiger partial charge in [0.2, 0.25) is 0 Å². The van der Waals surface area contributed by atoms with Crippen molar-refractivity contribution in [2.24, 2.45) is 7.05 Å². The predicted molar refractivity (Wildman–Crippen MR) is 86.8 cm³/mol. The van der Waals surface area contributed by atoms with Gasteiger partial charge in [0.15, 0.2) is 15.5 Å². The van der Waals surface area contributed by atoms with E-state index in [1.54, 1.807) is 36.0 Å². The predicted octanol–water partition coefficient (Wildman–Crippen LogP) is 1.90. The number of benzene rings is 1.